The monoisotopic (exact) mass is 368 g/mol. The highest BCUT2D eigenvalue weighted by atomic mass is 16.6. The average molecular weight is 368 g/mol. The Bertz CT molecular complexity index is 811. The number of nitrogens with one attached hydrogen (secondary N) is 1. The lowest BCUT2D eigenvalue weighted by Gasteiger charge is -2.32. The number of esters is 2. The highest BCUT2D eigenvalue weighted by Crippen LogP contribution is 2.49. The van der Waals surface area contributed by atoms with Gasteiger partial charge < -0.3 is 14.8 Å². The number of ether oxygens (including phenoxy) is 2. The van der Waals surface area contributed by atoms with Gasteiger partial charge in [0.2, 0.25) is 5.41 Å². The van der Waals surface area contributed by atoms with Crippen molar-refractivity contribution in [1.82, 2.24) is 4.98 Å². The summed E-state index contributed by atoms with van der Waals surface area (Å²) in [5, 5.41) is 3.29. The van der Waals surface area contributed by atoms with E-state index >= 15 is 0 Å². The Morgan fingerprint density at radius 3 is 2.11 bits per heavy atom. The summed E-state index contributed by atoms with van der Waals surface area (Å²) in [4.78, 5) is 31.1. The molecule has 1 aliphatic rings. The summed E-state index contributed by atoms with van der Waals surface area (Å²) in [5.41, 5.74) is 0.00628. The molecule has 6 nitrogen and oxygen atoms in total. The first-order valence-corrected chi connectivity index (χ1v) is 9.06. The van der Waals surface area contributed by atoms with Gasteiger partial charge in [0.1, 0.15) is 0 Å². The lowest BCUT2D eigenvalue weighted by atomic mass is 9.76. The minimum absolute atomic E-state index is 0.329. The van der Waals surface area contributed by atoms with Gasteiger partial charge in [0.05, 0.1) is 29.6 Å². The molecule has 27 heavy (non-hydrogen) atoms. The van der Waals surface area contributed by atoms with Gasteiger partial charge in [-0.05, 0) is 45.4 Å². The third kappa shape index (κ3) is 3.27. The molecule has 1 aromatic carbocycles. The predicted octanol–water partition coefficient (Wildman–Crippen LogP) is 3.39. The SMILES string of the molecule is CC(C)OC(=O)C1(C(=O)OC(C)C)c2ncccc2N[C@@H]1c1ccccc1. The molecule has 2 aromatic rings. The minimum atomic E-state index is -1.72. The molecular weight excluding hydrogens is 344 g/mol. The minimum Gasteiger partial charge on any atom is -0.462 e. The molecule has 0 amide bonds. The first kappa shape index (κ1) is 18.9. The van der Waals surface area contributed by atoms with E-state index in [9.17, 15) is 9.59 Å². The van der Waals surface area contributed by atoms with Crippen LogP contribution in [0.2, 0.25) is 0 Å². The molecule has 1 aliphatic heterocycles. The van der Waals surface area contributed by atoms with Crippen molar-refractivity contribution in [3.63, 3.8) is 0 Å². The first-order valence-electron chi connectivity index (χ1n) is 9.06. The number of fused-ring (bicyclic) bond motifs is 1. The molecule has 142 valence electrons. The Kier molecular flexibility index (Phi) is 5.17. The van der Waals surface area contributed by atoms with E-state index < -0.39 is 23.4 Å². The molecule has 1 aromatic heterocycles. The number of carbonyl (C=O) groups is 2. The summed E-state index contributed by atoms with van der Waals surface area (Å²) in [7, 11) is 0. The molecule has 2 heterocycles. The lowest BCUT2D eigenvalue weighted by molar-refractivity contribution is -0.170. The van der Waals surface area contributed by atoms with Crippen molar-refractivity contribution in [2.24, 2.45) is 0 Å². The van der Waals surface area contributed by atoms with Crippen LogP contribution in [0, 0.1) is 0 Å². The summed E-state index contributed by atoms with van der Waals surface area (Å²) in [6.45, 7) is 6.99. The normalized spacial score (nSPS) is 17.3. The maximum absolute atomic E-state index is 13.3. The van der Waals surface area contributed by atoms with Crippen LogP contribution in [0.15, 0.2) is 48.7 Å². The van der Waals surface area contributed by atoms with E-state index in [1.54, 1.807) is 46.0 Å². The lowest BCUT2D eigenvalue weighted by Crippen LogP contribution is -2.51. The summed E-state index contributed by atoms with van der Waals surface area (Å²) >= 11 is 0. The van der Waals surface area contributed by atoms with E-state index in [0.717, 1.165) is 5.56 Å². The Hall–Kier alpha value is -2.89. The van der Waals surface area contributed by atoms with E-state index in [2.05, 4.69) is 10.3 Å². The second kappa shape index (κ2) is 7.39. The van der Waals surface area contributed by atoms with E-state index in [4.69, 9.17) is 9.47 Å². The predicted molar refractivity (Wildman–Crippen MR) is 101 cm³/mol. The van der Waals surface area contributed by atoms with Crippen LogP contribution in [-0.2, 0) is 24.5 Å². The topological polar surface area (TPSA) is 77.5 Å². The molecule has 0 saturated carbocycles. The third-order valence-electron chi connectivity index (χ3n) is 4.38. The summed E-state index contributed by atoms with van der Waals surface area (Å²) in [6, 6.07) is 12.2. The van der Waals surface area contributed by atoms with E-state index in [0.29, 0.717) is 11.4 Å². The van der Waals surface area contributed by atoms with Crippen LogP contribution in [0.1, 0.15) is 45.0 Å². The van der Waals surface area contributed by atoms with Crippen molar-refractivity contribution in [1.29, 1.82) is 0 Å². The Morgan fingerprint density at radius 2 is 1.56 bits per heavy atom. The summed E-state index contributed by atoms with van der Waals surface area (Å²) < 4.78 is 11.1. The largest absolute Gasteiger partial charge is 0.462 e. The standard InChI is InChI=1S/C21H24N2O4/c1-13(2)26-19(24)21(20(25)27-14(3)4)17(15-9-6-5-7-10-15)23-16-11-8-12-22-18(16)21/h5-14,17,23H,1-4H3/t17-/m1/s1. The summed E-state index contributed by atoms with van der Waals surface area (Å²) in [5.74, 6) is -1.33. The smallest absolute Gasteiger partial charge is 0.332 e. The van der Waals surface area contributed by atoms with Gasteiger partial charge in [-0.1, -0.05) is 30.3 Å². The van der Waals surface area contributed by atoms with Gasteiger partial charge in [-0.3, -0.25) is 14.6 Å². The van der Waals surface area contributed by atoms with Gasteiger partial charge in [0.25, 0.3) is 0 Å². The fraction of sp³-hybridized carbons (Fsp3) is 0.381. The van der Waals surface area contributed by atoms with Crippen LogP contribution in [0.3, 0.4) is 0 Å². The fourth-order valence-electron chi connectivity index (χ4n) is 3.34. The van der Waals surface area contributed by atoms with Crippen molar-refractivity contribution < 1.29 is 19.1 Å². The van der Waals surface area contributed by atoms with E-state index in [1.165, 1.54) is 0 Å². The number of hydrogen-bond donors (Lipinski definition) is 1. The van der Waals surface area contributed by atoms with Crippen LogP contribution in [0.4, 0.5) is 5.69 Å². The number of anilines is 1. The van der Waals surface area contributed by atoms with Crippen molar-refractivity contribution >= 4 is 17.6 Å². The van der Waals surface area contributed by atoms with Crippen LogP contribution in [0.25, 0.3) is 0 Å². The molecule has 0 bridgehead atoms. The van der Waals surface area contributed by atoms with E-state index in [-0.39, 0.29) is 12.2 Å². The molecule has 0 fully saturated rings. The molecule has 0 aliphatic carbocycles. The van der Waals surface area contributed by atoms with Gasteiger partial charge in [-0.25, -0.2) is 0 Å². The van der Waals surface area contributed by atoms with Crippen molar-refractivity contribution in [2.45, 2.75) is 51.4 Å². The van der Waals surface area contributed by atoms with Gasteiger partial charge >= 0.3 is 11.9 Å². The maximum Gasteiger partial charge on any atom is 0.332 e. The van der Waals surface area contributed by atoms with Gasteiger partial charge in [0, 0.05) is 6.20 Å². The number of aromatic nitrogens is 1. The van der Waals surface area contributed by atoms with Crippen LogP contribution < -0.4 is 5.32 Å². The van der Waals surface area contributed by atoms with Gasteiger partial charge in [-0.2, -0.15) is 0 Å². The molecule has 0 spiro atoms. The number of carbonyl (C=O) groups excluding carboxylic acids is 2. The van der Waals surface area contributed by atoms with Crippen molar-refractivity contribution in [3.8, 4) is 0 Å². The maximum atomic E-state index is 13.3. The zero-order valence-electron chi connectivity index (χ0n) is 15.9. The molecule has 1 atom stereocenters. The van der Waals surface area contributed by atoms with Crippen LogP contribution >= 0.6 is 0 Å². The van der Waals surface area contributed by atoms with Crippen molar-refractivity contribution in [3.05, 3.63) is 59.9 Å². The third-order valence-corrected chi connectivity index (χ3v) is 4.38. The number of hydrogen-bond acceptors (Lipinski definition) is 6. The first-order chi connectivity index (χ1) is 12.9. The number of nitrogens with zero attached hydrogens (tertiary/aromatic N) is 1. The molecule has 0 unspecified atom stereocenters. The Labute approximate surface area is 158 Å². The van der Waals surface area contributed by atoms with Gasteiger partial charge in [0.15, 0.2) is 0 Å². The number of pyridine rings is 1. The van der Waals surface area contributed by atoms with Crippen molar-refractivity contribution in [2.75, 3.05) is 5.32 Å². The second-order valence-electron chi connectivity index (χ2n) is 7.10. The zero-order valence-corrected chi connectivity index (χ0v) is 15.9. The highest BCUT2D eigenvalue weighted by molar-refractivity contribution is 6.10. The number of rotatable bonds is 5. The summed E-state index contributed by atoms with van der Waals surface area (Å²) in [6.07, 6.45) is 0.796. The molecule has 0 saturated heterocycles. The molecule has 3 rings (SSSR count). The van der Waals surface area contributed by atoms with Crippen LogP contribution in [-0.4, -0.2) is 29.1 Å². The zero-order chi connectivity index (χ0) is 19.6. The van der Waals surface area contributed by atoms with Gasteiger partial charge in [-0.15, -0.1) is 0 Å². The fourth-order valence-corrected chi connectivity index (χ4v) is 3.34. The Balaban J connectivity index is 2.23. The second-order valence-corrected chi connectivity index (χ2v) is 7.10. The molecule has 0 radical (unpaired) electrons. The highest BCUT2D eigenvalue weighted by Gasteiger charge is 2.63. The molecule has 1 N–H and O–H groups in total. The Morgan fingerprint density at radius 1 is 0.963 bits per heavy atom. The average Bonchev–Trinajstić information content (AvgIpc) is 2.97. The quantitative estimate of drug-likeness (QED) is 0.644. The molecular formula is C21H24N2O4. The molecule has 6 heteroatoms. The number of benzene rings is 1. The van der Waals surface area contributed by atoms with E-state index in [1.807, 2.05) is 30.3 Å². The van der Waals surface area contributed by atoms with Crippen LogP contribution in [0.5, 0.6) is 0 Å².